The predicted octanol–water partition coefficient (Wildman–Crippen LogP) is 4.67. The Labute approximate surface area is 218 Å². The van der Waals surface area contributed by atoms with Crippen molar-refractivity contribution in [1.29, 1.82) is 0 Å². The van der Waals surface area contributed by atoms with Crippen LogP contribution in [0.5, 0.6) is 0 Å². The van der Waals surface area contributed by atoms with Gasteiger partial charge in [-0.15, -0.1) is 11.3 Å². The minimum Gasteiger partial charge on any atom is -0.384 e. The van der Waals surface area contributed by atoms with Crippen LogP contribution in [-0.2, 0) is 9.47 Å². The van der Waals surface area contributed by atoms with Crippen LogP contribution in [0.2, 0.25) is 0 Å². The summed E-state index contributed by atoms with van der Waals surface area (Å²) in [6.07, 6.45) is 4.61. The molecule has 0 amide bonds. The zero-order chi connectivity index (χ0) is 24.7. The molecule has 4 heterocycles. The fourth-order valence-electron chi connectivity index (χ4n) is 5.48. The molecule has 2 fully saturated rings. The summed E-state index contributed by atoms with van der Waals surface area (Å²) in [5.41, 5.74) is 2.48. The van der Waals surface area contributed by atoms with Gasteiger partial charge in [-0.3, -0.25) is 0 Å². The molecule has 1 aromatic carbocycles. The van der Waals surface area contributed by atoms with Crippen molar-refractivity contribution in [2.45, 2.75) is 25.7 Å². The normalized spacial score (nSPS) is 17.8. The summed E-state index contributed by atoms with van der Waals surface area (Å²) >= 11 is 1.74. The second-order valence-corrected chi connectivity index (χ2v) is 10.9. The van der Waals surface area contributed by atoms with Gasteiger partial charge in [0.15, 0.2) is 0 Å². The lowest BCUT2D eigenvalue weighted by molar-refractivity contribution is 0.139. The van der Waals surface area contributed by atoms with Crippen LogP contribution in [-0.4, -0.2) is 76.7 Å². The van der Waals surface area contributed by atoms with Crippen molar-refractivity contribution >= 4 is 33.3 Å². The third kappa shape index (κ3) is 5.83. The molecule has 8 heteroatoms. The van der Waals surface area contributed by atoms with Crippen LogP contribution in [0.25, 0.3) is 21.3 Å². The Morgan fingerprint density at radius 1 is 0.917 bits per heavy atom. The molecule has 7 nitrogen and oxygen atoms in total. The third-order valence-corrected chi connectivity index (χ3v) is 8.49. The largest absolute Gasteiger partial charge is 0.384 e. The van der Waals surface area contributed by atoms with E-state index in [1.54, 1.807) is 18.4 Å². The van der Waals surface area contributed by atoms with Crippen LogP contribution in [0.3, 0.4) is 0 Å². The highest BCUT2D eigenvalue weighted by Crippen LogP contribution is 2.40. The fourth-order valence-corrected chi connectivity index (χ4v) is 6.41. The summed E-state index contributed by atoms with van der Waals surface area (Å²) in [6.45, 7) is 7.64. The minimum absolute atomic E-state index is 0.635. The molecule has 0 spiro atoms. The standard InChI is InChI=1S/C28H39N5O2S/c1-34-17-12-29-18-21-8-15-33(16-9-21)28-30-26(32-13-10-22(11-14-32)19-35-2)25-24(20-36-27(25)31-28)23-6-4-3-5-7-23/h3-7,20-22,29H,8-19H2,1-2H3. The Bertz CT molecular complexity index is 1090. The molecule has 0 radical (unpaired) electrons. The number of thiophene rings is 1. The second kappa shape index (κ2) is 12.3. The lowest BCUT2D eigenvalue weighted by Gasteiger charge is -2.35. The number of rotatable bonds is 10. The number of hydrogen-bond donors (Lipinski definition) is 1. The Hall–Kier alpha value is -2.26. The van der Waals surface area contributed by atoms with Crippen molar-refractivity contribution in [3.8, 4) is 11.1 Å². The number of piperidine rings is 2. The molecule has 36 heavy (non-hydrogen) atoms. The quantitative estimate of drug-likeness (QED) is 0.399. The van der Waals surface area contributed by atoms with E-state index in [-0.39, 0.29) is 0 Å². The molecule has 2 aliphatic rings. The van der Waals surface area contributed by atoms with Crippen LogP contribution in [0.15, 0.2) is 35.7 Å². The monoisotopic (exact) mass is 509 g/mol. The lowest BCUT2D eigenvalue weighted by Crippen LogP contribution is -2.39. The molecule has 0 atom stereocenters. The summed E-state index contributed by atoms with van der Waals surface area (Å²) in [4.78, 5) is 16.4. The van der Waals surface area contributed by atoms with Gasteiger partial charge in [-0.1, -0.05) is 30.3 Å². The van der Waals surface area contributed by atoms with Crippen molar-refractivity contribution < 1.29 is 9.47 Å². The maximum Gasteiger partial charge on any atom is 0.228 e. The Morgan fingerprint density at radius 2 is 1.64 bits per heavy atom. The van der Waals surface area contributed by atoms with Gasteiger partial charge in [0.05, 0.1) is 12.0 Å². The first-order valence-corrected chi connectivity index (χ1v) is 14.2. The summed E-state index contributed by atoms with van der Waals surface area (Å²) in [6, 6.07) is 10.7. The van der Waals surface area contributed by atoms with Crippen molar-refractivity contribution in [1.82, 2.24) is 15.3 Å². The van der Waals surface area contributed by atoms with Crippen molar-refractivity contribution in [2.75, 3.05) is 76.5 Å². The maximum atomic E-state index is 5.44. The van der Waals surface area contributed by atoms with Crippen LogP contribution < -0.4 is 15.1 Å². The Morgan fingerprint density at radius 3 is 2.36 bits per heavy atom. The van der Waals surface area contributed by atoms with Crippen molar-refractivity contribution in [3.05, 3.63) is 35.7 Å². The Kier molecular flexibility index (Phi) is 8.69. The molecular formula is C28H39N5O2S. The highest BCUT2D eigenvalue weighted by Gasteiger charge is 2.27. The first-order valence-electron chi connectivity index (χ1n) is 13.3. The smallest absolute Gasteiger partial charge is 0.228 e. The molecule has 1 N–H and O–H groups in total. The number of fused-ring (bicyclic) bond motifs is 1. The molecule has 0 bridgehead atoms. The number of anilines is 2. The third-order valence-electron chi connectivity index (χ3n) is 7.62. The van der Waals surface area contributed by atoms with Crippen molar-refractivity contribution in [2.24, 2.45) is 11.8 Å². The minimum atomic E-state index is 0.635. The summed E-state index contributed by atoms with van der Waals surface area (Å²) in [5, 5.41) is 7.00. The highest BCUT2D eigenvalue weighted by atomic mass is 32.1. The molecule has 2 saturated heterocycles. The van der Waals surface area contributed by atoms with Gasteiger partial charge in [0, 0.05) is 64.5 Å². The SMILES string of the molecule is COCCNCC1CCN(c2nc(N3CCC(COC)CC3)c3c(-c4ccccc4)csc3n2)CC1. The predicted molar refractivity (Wildman–Crippen MR) is 149 cm³/mol. The summed E-state index contributed by atoms with van der Waals surface area (Å²) in [7, 11) is 3.56. The van der Waals surface area contributed by atoms with Gasteiger partial charge >= 0.3 is 0 Å². The maximum absolute atomic E-state index is 5.44. The number of nitrogens with zero attached hydrogens (tertiary/aromatic N) is 4. The van der Waals surface area contributed by atoms with Gasteiger partial charge in [-0.2, -0.15) is 4.98 Å². The molecule has 0 unspecified atom stereocenters. The van der Waals surface area contributed by atoms with E-state index in [2.05, 4.69) is 50.8 Å². The molecule has 2 aromatic heterocycles. The number of aromatic nitrogens is 2. The lowest BCUT2D eigenvalue weighted by atomic mass is 9.97. The average molecular weight is 510 g/mol. The van der Waals surface area contributed by atoms with Gasteiger partial charge in [-0.25, -0.2) is 4.98 Å². The molecule has 2 aliphatic heterocycles. The van der Waals surface area contributed by atoms with Gasteiger partial charge in [0.1, 0.15) is 10.6 Å². The van der Waals surface area contributed by atoms with Gasteiger partial charge in [-0.05, 0) is 49.6 Å². The summed E-state index contributed by atoms with van der Waals surface area (Å²) in [5.74, 6) is 3.33. The van der Waals surface area contributed by atoms with E-state index < -0.39 is 0 Å². The highest BCUT2D eigenvalue weighted by molar-refractivity contribution is 7.17. The number of ether oxygens (including phenoxy) is 2. The van der Waals surface area contributed by atoms with Crippen LogP contribution in [0.1, 0.15) is 25.7 Å². The van der Waals surface area contributed by atoms with Gasteiger partial charge < -0.3 is 24.6 Å². The first kappa shape index (κ1) is 25.4. The van der Waals surface area contributed by atoms with Crippen LogP contribution in [0, 0.1) is 11.8 Å². The summed E-state index contributed by atoms with van der Waals surface area (Å²) < 4.78 is 10.6. The molecule has 0 saturated carbocycles. The number of hydrogen-bond acceptors (Lipinski definition) is 8. The molecule has 3 aromatic rings. The second-order valence-electron chi connectivity index (χ2n) is 10.1. The number of benzene rings is 1. The topological polar surface area (TPSA) is 62.8 Å². The van der Waals surface area contributed by atoms with E-state index in [1.165, 1.54) is 29.4 Å². The number of nitrogens with one attached hydrogen (secondary N) is 1. The zero-order valence-corrected chi connectivity index (χ0v) is 22.4. The van der Waals surface area contributed by atoms with Crippen molar-refractivity contribution in [3.63, 3.8) is 0 Å². The van der Waals surface area contributed by atoms with E-state index in [0.717, 1.165) is 81.9 Å². The molecule has 194 valence electrons. The van der Waals surface area contributed by atoms with Gasteiger partial charge in [0.25, 0.3) is 0 Å². The first-order chi connectivity index (χ1) is 17.8. The molecule has 0 aliphatic carbocycles. The van der Waals surface area contributed by atoms with Gasteiger partial charge in [0.2, 0.25) is 5.95 Å². The molecule has 5 rings (SSSR count). The van der Waals surface area contributed by atoms with E-state index >= 15 is 0 Å². The molecular weight excluding hydrogens is 470 g/mol. The van der Waals surface area contributed by atoms with E-state index in [0.29, 0.717) is 11.8 Å². The van der Waals surface area contributed by atoms with E-state index in [1.807, 2.05) is 7.11 Å². The van der Waals surface area contributed by atoms with E-state index in [4.69, 9.17) is 19.4 Å². The Balaban J connectivity index is 1.39. The van der Waals surface area contributed by atoms with E-state index in [9.17, 15) is 0 Å². The number of methoxy groups -OCH3 is 2. The zero-order valence-electron chi connectivity index (χ0n) is 21.6. The van der Waals surface area contributed by atoms with Crippen LogP contribution >= 0.6 is 11.3 Å². The van der Waals surface area contributed by atoms with Crippen LogP contribution in [0.4, 0.5) is 11.8 Å². The average Bonchev–Trinajstić information content (AvgIpc) is 3.36. The fraction of sp³-hybridized carbons (Fsp3) is 0.571.